The van der Waals surface area contributed by atoms with Crippen LogP contribution in [0, 0.1) is 5.82 Å². The lowest BCUT2D eigenvalue weighted by molar-refractivity contribution is -0.117. The second-order valence-electron chi connectivity index (χ2n) is 6.18. The van der Waals surface area contributed by atoms with Gasteiger partial charge < -0.3 is 5.32 Å². The van der Waals surface area contributed by atoms with Crippen molar-refractivity contribution in [2.24, 2.45) is 0 Å². The number of carbonyl (C=O) groups is 1. The minimum absolute atomic E-state index is 0.230. The number of aromatic nitrogens is 4. The number of thioether (sulfide) groups is 1. The first-order valence-electron chi connectivity index (χ1n) is 8.81. The fourth-order valence-corrected chi connectivity index (χ4v) is 4.41. The summed E-state index contributed by atoms with van der Waals surface area (Å²) in [4.78, 5) is 12.3. The lowest BCUT2D eigenvalue weighted by Crippen LogP contribution is -2.44. The number of nitrogens with zero attached hydrogens (tertiary/aromatic N) is 4. The van der Waals surface area contributed by atoms with Crippen molar-refractivity contribution in [1.29, 1.82) is 0 Å². The summed E-state index contributed by atoms with van der Waals surface area (Å²) in [7, 11) is -4.23. The van der Waals surface area contributed by atoms with E-state index in [0.29, 0.717) is 17.1 Å². The van der Waals surface area contributed by atoms with Crippen LogP contribution < -0.4 is 10.0 Å². The van der Waals surface area contributed by atoms with E-state index in [2.05, 4.69) is 25.6 Å². The standard InChI is InChI=1S/C18H19FN6O3S2/c1-29-10-9-16(22-30(27,28)17-8-3-2-7-15(17)19)18(26)21-13-5-4-6-14(11-13)25-12-20-23-24-25/h2-8,11-12,16,22H,9-10H2,1H3,(H,21,26). The molecule has 0 radical (unpaired) electrons. The van der Waals surface area contributed by atoms with E-state index < -0.39 is 32.7 Å². The quantitative estimate of drug-likeness (QED) is 0.511. The molecule has 0 aliphatic carbocycles. The third-order valence-corrected chi connectivity index (χ3v) is 6.23. The molecule has 1 unspecified atom stereocenters. The molecule has 1 aromatic heterocycles. The summed E-state index contributed by atoms with van der Waals surface area (Å²) in [5.41, 5.74) is 1.05. The monoisotopic (exact) mass is 450 g/mol. The number of sulfonamides is 1. The summed E-state index contributed by atoms with van der Waals surface area (Å²) in [5.74, 6) is -0.913. The first-order valence-corrected chi connectivity index (χ1v) is 11.7. The van der Waals surface area contributed by atoms with Crippen molar-refractivity contribution >= 4 is 33.4 Å². The summed E-state index contributed by atoms with van der Waals surface area (Å²) in [5, 5.41) is 13.6. The maximum absolute atomic E-state index is 14.0. The predicted octanol–water partition coefficient (Wildman–Crippen LogP) is 1.84. The highest BCUT2D eigenvalue weighted by Gasteiger charge is 2.27. The number of amides is 1. The molecule has 9 nitrogen and oxygen atoms in total. The average molecular weight is 451 g/mol. The number of hydrogen-bond acceptors (Lipinski definition) is 7. The number of benzene rings is 2. The summed E-state index contributed by atoms with van der Waals surface area (Å²) < 4.78 is 43.0. The van der Waals surface area contributed by atoms with Gasteiger partial charge in [-0.2, -0.15) is 16.5 Å². The van der Waals surface area contributed by atoms with Crippen LogP contribution in [0.1, 0.15) is 6.42 Å². The Morgan fingerprint density at radius 1 is 1.23 bits per heavy atom. The third-order valence-electron chi connectivity index (χ3n) is 4.08. The second kappa shape index (κ2) is 9.78. The van der Waals surface area contributed by atoms with Gasteiger partial charge in [0.05, 0.1) is 5.69 Å². The molecule has 1 heterocycles. The van der Waals surface area contributed by atoms with E-state index >= 15 is 0 Å². The summed E-state index contributed by atoms with van der Waals surface area (Å²) in [6.07, 6.45) is 3.48. The lowest BCUT2D eigenvalue weighted by atomic mass is 10.2. The van der Waals surface area contributed by atoms with Gasteiger partial charge in [-0.3, -0.25) is 4.79 Å². The Hall–Kier alpha value is -2.83. The van der Waals surface area contributed by atoms with Crippen molar-refractivity contribution in [2.75, 3.05) is 17.3 Å². The molecule has 0 bridgehead atoms. The molecule has 0 fully saturated rings. The highest BCUT2D eigenvalue weighted by Crippen LogP contribution is 2.17. The average Bonchev–Trinajstić information content (AvgIpc) is 3.26. The number of anilines is 1. The van der Waals surface area contributed by atoms with Crippen molar-refractivity contribution < 1.29 is 17.6 Å². The number of hydrogen-bond donors (Lipinski definition) is 2. The van der Waals surface area contributed by atoms with Gasteiger partial charge in [-0.1, -0.05) is 18.2 Å². The maximum atomic E-state index is 14.0. The molecule has 1 amide bonds. The van der Waals surface area contributed by atoms with Crippen molar-refractivity contribution in [3.63, 3.8) is 0 Å². The van der Waals surface area contributed by atoms with Gasteiger partial charge in [0.2, 0.25) is 15.9 Å². The van der Waals surface area contributed by atoms with E-state index in [4.69, 9.17) is 0 Å². The molecular formula is C18H19FN6O3S2. The maximum Gasteiger partial charge on any atom is 0.244 e. The minimum atomic E-state index is -4.23. The molecule has 0 aliphatic rings. The van der Waals surface area contributed by atoms with Gasteiger partial charge in [0.25, 0.3) is 0 Å². The minimum Gasteiger partial charge on any atom is -0.325 e. The van der Waals surface area contributed by atoms with Crippen LogP contribution in [0.5, 0.6) is 0 Å². The molecule has 158 valence electrons. The summed E-state index contributed by atoms with van der Waals surface area (Å²) in [6, 6.07) is 10.7. The highest BCUT2D eigenvalue weighted by atomic mass is 32.2. The molecule has 3 aromatic rings. The summed E-state index contributed by atoms with van der Waals surface area (Å²) >= 11 is 1.46. The summed E-state index contributed by atoms with van der Waals surface area (Å²) in [6.45, 7) is 0. The first-order chi connectivity index (χ1) is 14.4. The molecule has 1 atom stereocenters. The highest BCUT2D eigenvalue weighted by molar-refractivity contribution is 7.98. The molecule has 0 aliphatic heterocycles. The van der Waals surface area contributed by atoms with Gasteiger partial charge in [-0.15, -0.1) is 5.10 Å². The SMILES string of the molecule is CSCCC(NS(=O)(=O)c1ccccc1F)C(=O)Nc1cccc(-n2cnnn2)c1. The fraction of sp³-hybridized carbons (Fsp3) is 0.222. The molecular weight excluding hydrogens is 431 g/mol. The normalized spacial score (nSPS) is 12.5. The number of nitrogens with one attached hydrogen (secondary N) is 2. The second-order valence-corrected chi connectivity index (χ2v) is 8.85. The molecule has 2 aromatic carbocycles. The molecule has 0 spiro atoms. The molecule has 2 N–H and O–H groups in total. The van der Waals surface area contributed by atoms with Crippen LogP contribution in [-0.4, -0.2) is 52.6 Å². The zero-order valence-corrected chi connectivity index (χ0v) is 17.5. The van der Waals surface area contributed by atoms with Crippen molar-refractivity contribution in [3.05, 3.63) is 60.7 Å². The Balaban J connectivity index is 1.79. The van der Waals surface area contributed by atoms with E-state index in [1.54, 1.807) is 24.3 Å². The lowest BCUT2D eigenvalue weighted by Gasteiger charge is -2.18. The van der Waals surface area contributed by atoms with Crippen LogP contribution in [-0.2, 0) is 14.8 Å². The third kappa shape index (κ3) is 5.40. The van der Waals surface area contributed by atoms with E-state index in [1.165, 1.54) is 34.9 Å². The number of rotatable bonds is 9. The van der Waals surface area contributed by atoms with Gasteiger partial charge in [0.1, 0.15) is 23.1 Å². The van der Waals surface area contributed by atoms with Crippen LogP contribution >= 0.6 is 11.8 Å². The molecule has 3 rings (SSSR count). The smallest absolute Gasteiger partial charge is 0.244 e. The first kappa shape index (κ1) is 21.9. The fourth-order valence-electron chi connectivity index (χ4n) is 2.63. The Morgan fingerprint density at radius 2 is 2.03 bits per heavy atom. The van der Waals surface area contributed by atoms with Crippen LogP contribution in [0.25, 0.3) is 5.69 Å². The molecule has 12 heteroatoms. The molecule has 30 heavy (non-hydrogen) atoms. The van der Waals surface area contributed by atoms with Crippen LogP contribution in [0.3, 0.4) is 0 Å². The Kier molecular flexibility index (Phi) is 7.13. The number of carbonyl (C=O) groups excluding carboxylic acids is 1. The topological polar surface area (TPSA) is 119 Å². The number of halogens is 1. The van der Waals surface area contributed by atoms with Crippen molar-refractivity contribution in [2.45, 2.75) is 17.4 Å². The zero-order chi connectivity index (χ0) is 21.6. The van der Waals surface area contributed by atoms with Gasteiger partial charge in [0.15, 0.2) is 0 Å². The van der Waals surface area contributed by atoms with E-state index in [9.17, 15) is 17.6 Å². The number of tetrazole rings is 1. The van der Waals surface area contributed by atoms with Crippen LogP contribution in [0.2, 0.25) is 0 Å². The van der Waals surface area contributed by atoms with Crippen LogP contribution in [0.15, 0.2) is 59.8 Å². The van der Waals surface area contributed by atoms with E-state index in [1.807, 2.05) is 6.26 Å². The van der Waals surface area contributed by atoms with E-state index in [-0.39, 0.29) is 6.42 Å². The molecule has 0 saturated heterocycles. The van der Waals surface area contributed by atoms with E-state index in [0.717, 1.165) is 12.1 Å². The molecule has 0 saturated carbocycles. The van der Waals surface area contributed by atoms with Gasteiger partial charge >= 0.3 is 0 Å². The predicted molar refractivity (Wildman–Crippen MR) is 111 cm³/mol. The Labute approximate surface area is 177 Å². The van der Waals surface area contributed by atoms with Crippen molar-refractivity contribution in [3.8, 4) is 5.69 Å². The largest absolute Gasteiger partial charge is 0.325 e. The Bertz CT molecular complexity index is 1110. The Morgan fingerprint density at radius 3 is 2.73 bits per heavy atom. The van der Waals surface area contributed by atoms with Gasteiger partial charge in [-0.25, -0.2) is 17.5 Å². The van der Waals surface area contributed by atoms with Crippen molar-refractivity contribution in [1.82, 2.24) is 24.9 Å². The van der Waals surface area contributed by atoms with Gasteiger partial charge in [0, 0.05) is 5.69 Å². The van der Waals surface area contributed by atoms with Crippen LogP contribution in [0.4, 0.5) is 10.1 Å². The zero-order valence-electron chi connectivity index (χ0n) is 15.9. The van der Waals surface area contributed by atoms with Gasteiger partial charge in [-0.05, 0) is 59.2 Å².